The van der Waals surface area contributed by atoms with Crippen molar-refractivity contribution in [2.75, 3.05) is 25.5 Å². The number of pyridine rings is 1. The first-order valence-corrected chi connectivity index (χ1v) is 16.8. The molecule has 254 valence electrons. The van der Waals surface area contributed by atoms with E-state index in [1.54, 1.807) is 6.07 Å². The minimum Gasteiger partial charge on any atom is -0.484 e. The molecule has 3 aromatic heterocycles. The van der Waals surface area contributed by atoms with Gasteiger partial charge in [-0.05, 0) is 69.1 Å². The van der Waals surface area contributed by atoms with E-state index in [4.69, 9.17) is 4.74 Å². The van der Waals surface area contributed by atoms with E-state index in [1.165, 1.54) is 0 Å². The summed E-state index contributed by atoms with van der Waals surface area (Å²) >= 11 is 0. The largest absolute Gasteiger partial charge is 0.484 e. The summed E-state index contributed by atoms with van der Waals surface area (Å²) in [5.74, 6) is 1.60. The summed E-state index contributed by atoms with van der Waals surface area (Å²) in [7, 11) is 2.08. The Balaban J connectivity index is 1.16. The Hall–Kier alpha value is -4.58. The van der Waals surface area contributed by atoms with Gasteiger partial charge in [0.15, 0.2) is 5.65 Å². The third-order valence-corrected chi connectivity index (χ3v) is 9.06. The first kappa shape index (κ1) is 33.3. The zero-order valence-electron chi connectivity index (χ0n) is 29.0. The van der Waals surface area contributed by atoms with Crippen molar-refractivity contribution in [1.29, 1.82) is 0 Å². The number of aromatic nitrogens is 5. The minimum atomic E-state index is -0.401. The summed E-state index contributed by atoms with van der Waals surface area (Å²) in [5.41, 5.74) is 2.94. The lowest BCUT2D eigenvalue weighted by Crippen LogP contribution is -2.44. The van der Waals surface area contributed by atoms with Gasteiger partial charge in [-0.15, -0.1) is 10.2 Å². The van der Waals surface area contributed by atoms with Crippen LogP contribution in [0, 0.1) is 0 Å². The van der Waals surface area contributed by atoms with Gasteiger partial charge in [0.05, 0.1) is 17.9 Å². The van der Waals surface area contributed by atoms with Crippen LogP contribution >= 0.6 is 0 Å². The number of carbonyl (C=O) groups excluding carboxylic acids is 2. The minimum absolute atomic E-state index is 0.0546. The first-order chi connectivity index (χ1) is 22.7. The number of carbonyl (C=O) groups is 2. The van der Waals surface area contributed by atoms with Crippen molar-refractivity contribution >= 4 is 23.4 Å². The van der Waals surface area contributed by atoms with E-state index >= 15 is 0 Å². The van der Waals surface area contributed by atoms with Crippen molar-refractivity contribution < 1.29 is 14.3 Å². The summed E-state index contributed by atoms with van der Waals surface area (Å²) in [6, 6.07) is 13.1. The predicted molar refractivity (Wildman–Crippen MR) is 184 cm³/mol. The molecular formula is C36H47N9O3. The third kappa shape index (κ3) is 7.43. The number of nitrogens with one attached hydrogen (secondary N) is 3. The molecule has 1 fully saturated rings. The lowest BCUT2D eigenvalue weighted by atomic mass is 9.85. The fraction of sp³-hybridized carbons (Fsp3) is 0.500. The second-order valence-corrected chi connectivity index (χ2v) is 15.1. The van der Waals surface area contributed by atoms with Crippen LogP contribution in [0.2, 0.25) is 0 Å². The number of likely N-dealkylation sites (tertiary alicyclic amines) is 1. The zero-order valence-corrected chi connectivity index (χ0v) is 29.0. The second-order valence-electron chi connectivity index (χ2n) is 15.1. The van der Waals surface area contributed by atoms with Crippen LogP contribution in [-0.4, -0.2) is 67.6 Å². The van der Waals surface area contributed by atoms with Gasteiger partial charge in [-0.2, -0.15) is 0 Å². The molecule has 1 aromatic carbocycles. The standard InChI is InChI=1S/C36H47N9O3/c1-35(2,3)28-20-29(40-31(39-28)32(46)37-22-16-18-44(7)19-17-22)41-34(47)38-26-13-14-27(25-11-9-8-10-24(25)26)48-23-12-15-30-42-43-33(36(4,5)6)45(30)21-23/h8-12,15,20-22,26-27H,13-14,16-19H2,1-7H3,(H,37,46)(H2,38,39,40,41,47)/t26-,27+/m0/s1. The highest BCUT2D eigenvalue weighted by molar-refractivity contribution is 5.93. The number of hydrogen-bond acceptors (Lipinski definition) is 8. The summed E-state index contributed by atoms with van der Waals surface area (Å²) in [6.07, 6.45) is 4.90. The number of ether oxygens (including phenoxy) is 1. The molecule has 2 atom stereocenters. The van der Waals surface area contributed by atoms with Gasteiger partial charge in [0.25, 0.3) is 5.91 Å². The van der Waals surface area contributed by atoms with Crippen molar-refractivity contribution in [2.24, 2.45) is 0 Å². The molecule has 4 heterocycles. The molecule has 1 saturated heterocycles. The monoisotopic (exact) mass is 653 g/mol. The molecule has 0 unspecified atom stereocenters. The number of piperidine rings is 1. The van der Waals surface area contributed by atoms with Crippen molar-refractivity contribution in [3.8, 4) is 5.75 Å². The number of hydrogen-bond donors (Lipinski definition) is 3. The Morgan fingerprint density at radius 1 is 0.854 bits per heavy atom. The molecule has 12 nitrogen and oxygen atoms in total. The molecule has 0 bridgehead atoms. The van der Waals surface area contributed by atoms with E-state index < -0.39 is 6.03 Å². The van der Waals surface area contributed by atoms with Gasteiger partial charge < -0.3 is 20.3 Å². The summed E-state index contributed by atoms with van der Waals surface area (Å²) in [6.45, 7) is 14.2. The van der Waals surface area contributed by atoms with Crippen LogP contribution in [0.5, 0.6) is 5.75 Å². The molecule has 0 radical (unpaired) electrons. The Morgan fingerprint density at radius 2 is 1.58 bits per heavy atom. The number of nitrogens with zero attached hydrogens (tertiary/aromatic N) is 6. The maximum Gasteiger partial charge on any atom is 0.320 e. The average molecular weight is 654 g/mol. The Morgan fingerprint density at radius 3 is 2.29 bits per heavy atom. The summed E-state index contributed by atoms with van der Waals surface area (Å²) in [4.78, 5) is 38.0. The molecule has 2 aliphatic rings. The Bertz CT molecular complexity index is 1800. The van der Waals surface area contributed by atoms with E-state index in [-0.39, 0.29) is 46.6 Å². The van der Waals surface area contributed by atoms with Crippen LogP contribution in [0.4, 0.5) is 10.6 Å². The van der Waals surface area contributed by atoms with Crippen LogP contribution in [0.15, 0.2) is 48.7 Å². The highest BCUT2D eigenvalue weighted by Gasteiger charge is 2.31. The number of anilines is 1. The zero-order chi connectivity index (χ0) is 34.2. The predicted octanol–water partition coefficient (Wildman–Crippen LogP) is 5.72. The molecule has 0 saturated carbocycles. The molecule has 3 N–H and O–H groups in total. The molecule has 1 aliphatic heterocycles. The van der Waals surface area contributed by atoms with Gasteiger partial charge in [0.2, 0.25) is 5.82 Å². The smallest absolute Gasteiger partial charge is 0.320 e. The van der Waals surface area contributed by atoms with Crippen LogP contribution in [0.3, 0.4) is 0 Å². The molecule has 6 rings (SSSR count). The van der Waals surface area contributed by atoms with Gasteiger partial charge >= 0.3 is 6.03 Å². The Labute approximate surface area is 282 Å². The quantitative estimate of drug-likeness (QED) is 0.240. The van der Waals surface area contributed by atoms with E-state index in [2.05, 4.69) is 74.9 Å². The van der Waals surface area contributed by atoms with Crippen molar-refractivity contribution in [2.45, 2.75) is 96.2 Å². The Kier molecular flexibility index (Phi) is 9.12. The molecule has 3 amide bonds. The van der Waals surface area contributed by atoms with Gasteiger partial charge in [0.1, 0.15) is 23.5 Å². The topological polar surface area (TPSA) is 139 Å². The first-order valence-electron chi connectivity index (χ1n) is 16.8. The number of fused-ring (bicyclic) bond motifs is 2. The van der Waals surface area contributed by atoms with Crippen molar-refractivity contribution in [3.63, 3.8) is 0 Å². The van der Waals surface area contributed by atoms with E-state index in [9.17, 15) is 9.59 Å². The molecule has 48 heavy (non-hydrogen) atoms. The third-order valence-electron chi connectivity index (χ3n) is 9.06. The van der Waals surface area contributed by atoms with Gasteiger partial charge in [-0.1, -0.05) is 65.8 Å². The van der Waals surface area contributed by atoms with E-state index in [0.717, 1.165) is 54.3 Å². The maximum atomic E-state index is 13.4. The lowest BCUT2D eigenvalue weighted by molar-refractivity contribution is 0.0905. The van der Waals surface area contributed by atoms with Gasteiger partial charge in [-0.3, -0.25) is 14.5 Å². The number of benzene rings is 1. The molecule has 12 heteroatoms. The van der Waals surface area contributed by atoms with Crippen molar-refractivity contribution in [1.82, 2.24) is 40.1 Å². The normalized spacial score (nSPS) is 19.1. The second kappa shape index (κ2) is 13.1. The van der Waals surface area contributed by atoms with Crippen LogP contribution in [0.25, 0.3) is 5.65 Å². The van der Waals surface area contributed by atoms with Crippen LogP contribution in [-0.2, 0) is 10.8 Å². The number of amides is 3. The SMILES string of the molecule is CN1CCC(NC(=O)c2nc(NC(=O)N[C@H]3CC[C@@H](Oc4ccc5nnc(C(C)(C)C)n5c4)c4ccccc43)cc(C(C)(C)C)n2)CC1. The van der Waals surface area contributed by atoms with Crippen LogP contribution in [0.1, 0.15) is 113 Å². The molecule has 4 aromatic rings. The molecule has 1 aliphatic carbocycles. The van der Waals surface area contributed by atoms with E-state index in [0.29, 0.717) is 18.5 Å². The number of rotatable bonds is 6. The number of urea groups is 1. The fourth-order valence-corrected chi connectivity index (χ4v) is 6.35. The summed E-state index contributed by atoms with van der Waals surface area (Å²) in [5, 5.41) is 17.8. The highest BCUT2D eigenvalue weighted by atomic mass is 16.5. The van der Waals surface area contributed by atoms with Gasteiger partial charge in [0, 0.05) is 22.9 Å². The lowest BCUT2D eigenvalue weighted by Gasteiger charge is -2.32. The molecular weight excluding hydrogens is 606 g/mol. The fourth-order valence-electron chi connectivity index (χ4n) is 6.35. The molecule has 0 spiro atoms. The van der Waals surface area contributed by atoms with Gasteiger partial charge in [-0.25, -0.2) is 14.8 Å². The average Bonchev–Trinajstić information content (AvgIpc) is 3.47. The maximum absolute atomic E-state index is 13.4. The summed E-state index contributed by atoms with van der Waals surface area (Å²) < 4.78 is 8.54. The van der Waals surface area contributed by atoms with Crippen molar-refractivity contribution in [3.05, 3.63) is 77.1 Å². The van der Waals surface area contributed by atoms with E-state index in [1.807, 2.05) is 61.7 Å². The highest BCUT2D eigenvalue weighted by Crippen LogP contribution is 2.39. The van der Waals surface area contributed by atoms with Crippen LogP contribution < -0.4 is 20.7 Å².